The molecule has 0 spiro atoms. The summed E-state index contributed by atoms with van der Waals surface area (Å²) in [5, 5.41) is 10.1. The second-order valence-corrected chi connectivity index (χ2v) is 5.21. The molecular weight excluding hydrogens is 306 g/mol. The summed E-state index contributed by atoms with van der Waals surface area (Å²) >= 11 is 4.53. The molecule has 0 saturated carbocycles. The molecule has 0 aliphatic rings. The number of primary amides is 1. The third-order valence-corrected chi connectivity index (χ3v) is 3.94. The molecule has 7 heteroatoms. The van der Waals surface area contributed by atoms with Gasteiger partial charge in [-0.15, -0.1) is 0 Å². The van der Waals surface area contributed by atoms with Crippen LogP contribution in [0.5, 0.6) is 5.75 Å². The van der Waals surface area contributed by atoms with E-state index in [1.165, 1.54) is 16.2 Å². The molecule has 90 valence electrons. The fourth-order valence-corrected chi connectivity index (χ4v) is 2.81. The van der Waals surface area contributed by atoms with E-state index < -0.39 is 6.03 Å². The van der Waals surface area contributed by atoms with Crippen LogP contribution in [0.15, 0.2) is 16.6 Å². The molecule has 1 heterocycles. The Bertz CT molecular complexity index is 545. The van der Waals surface area contributed by atoms with Crippen LogP contribution in [0.25, 0.3) is 10.2 Å². The number of carbonyl (C=O) groups excluding carboxylic acids is 1. The molecule has 1 aromatic carbocycles. The predicted molar refractivity (Wildman–Crippen MR) is 71.6 cm³/mol. The summed E-state index contributed by atoms with van der Waals surface area (Å²) in [4.78, 5) is 16.9. The largest absolute Gasteiger partial charge is 0.507 e. The average molecular weight is 316 g/mol. The number of urea groups is 1. The van der Waals surface area contributed by atoms with Crippen molar-refractivity contribution >= 4 is 48.6 Å². The molecule has 0 saturated heterocycles. The molecule has 0 unspecified atom stereocenters. The molecular formula is C10H10BrN3O2S. The van der Waals surface area contributed by atoms with Gasteiger partial charge in [0.15, 0.2) is 5.13 Å². The molecule has 0 aliphatic carbocycles. The lowest BCUT2D eigenvalue weighted by molar-refractivity contribution is 0.254. The van der Waals surface area contributed by atoms with E-state index in [0.29, 0.717) is 16.1 Å². The maximum absolute atomic E-state index is 11.2. The van der Waals surface area contributed by atoms with E-state index in [-0.39, 0.29) is 5.75 Å². The van der Waals surface area contributed by atoms with Crippen molar-refractivity contribution in [2.24, 2.45) is 5.73 Å². The normalized spacial score (nSPS) is 10.7. The van der Waals surface area contributed by atoms with E-state index in [0.717, 1.165) is 10.2 Å². The summed E-state index contributed by atoms with van der Waals surface area (Å²) in [6.07, 6.45) is 0. The summed E-state index contributed by atoms with van der Waals surface area (Å²) in [6.45, 7) is 2.28. The number of nitrogens with two attached hydrogens (primary N) is 1. The smallest absolute Gasteiger partial charge is 0.321 e. The highest BCUT2D eigenvalue weighted by molar-refractivity contribution is 9.10. The van der Waals surface area contributed by atoms with Crippen LogP contribution in [0, 0.1) is 0 Å². The van der Waals surface area contributed by atoms with Crippen molar-refractivity contribution in [1.29, 1.82) is 0 Å². The van der Waals surface area contributed by atoms with Gasteiger partial charge in [0.25, 0.3) is 0 Å². The maximum Gasteiger partial charge on any atom is 0.321 e. The van der Waals surface area contributed by atoms with Gasteiger partial charge in [-0.25, -0.2) is 9.78 Å². The lowest BCUT2D eigenvalue weighted by Crippen LogP contribution is -2.35. The second-order valence-electron chi connectivity index (χ2n) is 3.35. The summed E-state index contributed by atoms with van der Waals surface area (Å²) in [7, 11) is 0. The van der Waals surface area contributed by atoms with Crippen LogP contribution in [-0.2, 0) is 0 Å². The molecule has 0 bridgehead atoms. The molecule has 2 aromatic rings. The monoisotopic (exact) mass is 315 g/mol. The number of amides is 2. The first-order chi connectivity index (χ1) is 8.02. The number of thiazole rings is 1. The number of halogens is 1. The van der Waals surface area contributed by atoms with Gasteiger partial charge in [-0.3, -0.25) is 4.90 Å². The van der Waals surface area contributed by atoms with Gasteiger partial charge in [0, 0.05) is 12.6 Å². The van der Waals surface area contributed by atoms with Crippen molar-refractivity contribution in [3.63, 3.8) is 0 Å². The van der Waals surface area contributed by atoms with Crippen LogP contribution < -0.4 is 10.6 Å². The molecule has 2 amide bonds. The topological polar surface area (TPSA) is 79.5 Å². The number of nitrogens with zero attached hydrogens (tertiary/aromatic N) is 2. The number of phenols is 1. The molecule has 17 heavy (non-hydrogen) atoms. The minimum absolute atomic E-state index is 0.148. The Balaban J connectivity index is 2.54. The number of hydrogen-bond donors (Lipinski definition) is 2. The minimum Gasteiger partial charge on any atom is -0.507 e. The Kier molecular flexibility index (Phi) is 3.21. The fraction of sp³-hybridized carbons (Fsp3) is 0.200. The Hall–Kier alpha value is -1.34. The highest BCUT2D eigenvalue weighted by Gasteiger charge is 2.15. The minimum atomic E-state index is -0.533. The lowest BCUT2D eigenvalue weighted by atomic mass is 10.3. The fourth-order valence-electron chi connectivity index (χ4n) is 1.43. The van der Waals surface area contributed by atoms with E-state index in [1.54, 1.807) is 12.1 Å². The molecule has 0 aliphatic heterocycles. The molecule has 2 rings (SSSR count). The Morgan fingerprint density at radius 2 is 2.35 bits per heavy atom. The molecule has 0 radical (unpaired) electrons. The Labute approximate surface area is 110 Å². The van der Waals surface area contributed by atoms with Crippen molar-refractivity contribution < 1.29 is 9.90 Å². The van der Waals surface area contributed by atoms with Gasteiger partial charge in [-0.2, -0.15) is 0 Å². The SMILES string of the molecule is CCN(C(N)=O)c1nc2cc(Br)c(O)cc2s1. The average Bonchev–Trinajstić information content (AvgIpc) is 2.61. The van der Waals surface area contributed by atoms with E-state index in [9.17, 15) is 9.90 Å². The number of hydrogen-bond acceptors (Lipinski definition) is 4. The quantitative estimate of drug-likeness (QED) is 0.894. The number of phenolic OH excluding ortho intramolecular Hbond substituents is 1. The van der Waals surface area contributed by atoms with Crippen molar-refractivity contribution in [2.75, 3.05) is 11.4 Å². The van der Waals surface area contributed by atoms with E-state index in [4.69, 9.17) is 5.73 Å². The third-order valence-electron chi connectivity index (χ3n) is 2.26. The number of benzene rings is 1. The highest BCUT2D eigenvalue weighted by Crippen LogP contribution is 2.35. The van der Waals surface area contributed by atoms with E-state index in [2.05, 4.69) is 20.9 Å². The maximum atomic E-state index is 11.2. The van der Waals surface area contributed by atoms with Crippen LogP contribution in [0.1, 0.15) is 6.92 Å². The number of carbonyl (C=O) groups is 1. The van der Waals surface area contributed by atoms with Gasteiger partial charge in [-0.1, -0.05) is 11.3 Å². The highest BCUT2D eigenvalue weighted by atomic mass is 79.9. The third kappa shape index (κ3) is 2.20. The number of fused-ring (bicyclic) bond motifs is 1. The van der Waals surface area contributed by atoms with E-state index in [1.807, 2.05) is 6.92 Å². The summed E-state index contributed by atoms with van der Waals surface area (Å²) < 4.78 is 1.38. The molecule has 5 nitrogen and oxygen atoms in total. The van der Waals surface area contributed by atoms with Crippen LogP contribution in [0.3, 0.4) is 0 Å². The van der Waals surface area contributed by atoms with Gasteiger partial charge in [0.1, 0.15) is 5.75 Å². The van der Waals surface area contributed by atoms with Gasteiger partial charge >= 0.3 is 6.03 Å². The van der Waals surface area contributed by atoms with Crippen LogP contribution >= 0.6 is 27.3 Å². The second kappa shape index (κ2) is 4.50. The number of anilines is 1. The molecule has 3 N–H and O–H groups in total. The van der Waals surface area contributed by atoms with Crippen LogP contribution in [0.4, 0.5) is 9.93 Å². The van der Waals surface area contributed by atoms with Gasteiger partial charge in [0.05, 0.1) is 14.7 Å². The van der Waals surface area contributed by atoms with Crippen molar-refractivity contribution in [3.05, 3.63) is 16.6 Å². The first-order valence-corrected chi connectivity index (χ1v) is 6.50. The molecule has 0 atom stereocenters. The van der Waals surface area contributed by atoms with Gasteiger partial charge in [-0.05, 0) is 28.9 Å². The number of aromatic hydroxyl groups is 1. The zero-order valence-electron chi connectivity index (χ0n) is 8.98. The Morgan fingerprint density at radius 1 is 1.65 bits per heavy atom. The predicted octanol–water partition coefficient (Wildman–Crippen LogP) is 2.67. The van der Waals surface area contributed by atoms with Crippen LogP contribution in [-0.4, -0.2) is 22.7 Å². The van der Waals surface area contributed by atoms with Gasteiger partial charge in [0.2, 0.25) is 0 Å². The van der Waals surface area contributed by atoms with E-state index >= 15 is 0 Å². The first kappa shape index (κ1) is 12.1. The summed E-state index contributed by atoms with van der Waals surface area (Å²) in [5.74, 6) is 0.148. The van der Waals surface area contributed by atoms with Crippen molar-refractivity contribution in [3.8, 4) is 5.75 Å². The zero-order chi connectivity index (χ0) is 12.6. The van der Waals surface area contributed by atoms with Crippen molar-refractivity contribution in [2.45, 2.75) is 6.92 Å². The van der Waals surface area contributed by atoms with Crippen LogP contribution in [0.2, 0.25) is 0 Å². The number of aromatic nitrogens is 1. The lowest BCUT2D eigenvalue weighted by Gasteiger charge is -2.13. The summed E-state index contributed by atoms with van der Waals surface area (Å²) in [5.41, 5.74) is 5.97. The standard InChI is InChI=1S/C10H10BrN3O2S/c1-2-14(9(12)16)10-13-6-3-5(11)7(15)4-8(6)17-10/h3-4,15H,2H2,1H3,(H2,12,16). The molecule has 1 aromatic heterocycles. The van der Waals surface area contributed by atoms with Crippen molar-refractivity contribution in [1.82, 2.24) is 4.98 Å². The first-order valence-electron chi connectivity index (χ1n) is 4.89. The molecule has 0 fully saturated rings. The Morgan fingerprint density at radius 3 is 2.94 bits per heavy atom. The number of rotatable bonds is 2. The van der Waals surface area contributed by atoms with Gasteiger partial charge < -0.3 is 10.8 Å². The summed E-state index contributed by atoms with van der Waals surface area (Å²) in [6, 6.07) is 2.78. The zero-order valence-corrected chi connectivity index (χ0v) is 11.4.